The van der Waals surface area contributed by atoms with Crippen molar-refractivity contribution in [2.75, 3.05) is 13.2 Å². The quantitative estimate of drug-likeness (QED) is 0.314. The van der Waals surface area contributed by atoms with E-state index >= 15 is 0 Å². The third-order valence-corrected chi connectivity index (χ3v) is 3.33. The number of hydrogen-bond acceptors (Lipinski definition) is 3. The zero-order chi connectivity index (χ0) is 14.9. The normalized spacial score (nSPS) is 10.4. The van der Waals surface area contributed by atoms with Gasteiger partial charge in [-0.25, -0.2) is 0 Å². The van der Waals surface area contributed by atoms with Crippen LogP contribution in [-0.2, 0) is 9.31 Å². The van der Waals surface area contributed by atoms with E-state index in [9.17, 15) is 0 Å². The maximum atomic E-state index is 8.59. The van der Waals surface area contributed by atoms with Crippen LogP contribution in [0.4, 0.5) is 0 Å². The predicted octanol–water partition coefficient (Wildman–Crippen LogP) is 4.97. The van der Waals surface area contributed by atoms with Crippen molar-refractivity contribution < 1.29 is 9.31 Å². The minimum atomic E-state index is -0.105. The van der Waals surface area contributed by atoms with Crippen LogP contribution >= 0.6 is 0 Å². The summed E-state index contributed by atoms with van der Waals surface area (Å²) in [4.78, 5) is 0. The van der Waals surface area contributed by atoms with E-state index in [4.69, 9.17) is 14.6 Å². The van der Waals surface area contributed by atoms with Crippen molar-refractivity contribution in [2.24, 2.45) is 0 Å². The summed E-state index contributed by atoms with van der Waals surface area (Å²) < 4.78 is 11.6. The maximum absolute atomic E-state index is 8.59. The van der Waals surface area contributed by atoms with Gasteiger partial charge in [-0.05, 0) is 25.6 Å². The topological polar surface area (TPSA) is 42.2 Å². The van der Waals surface area contributed by atoms with E-state index in [0.717, 1.165) is 38.8 Å². The zero-order valence-corrected chi connectivity index (χ0v) is 13.5. The van der Waals surface area contributed by atoms with Gasteiger partial charge in [0.2, 0.25) is 0 Å². The molecule has 0 aliphatic carbocycles. The molecule has 3 nitrogen and oxygen atoms in total. The molecule has 0 aromatic carbocycles. The molecule has 116 valence electrons. The molecule has 0 rings (SSSR count). The molecule has 4 heteroatoms. The van der Waals surface area contributed by atoms with E-state index in [1.807, 2.05) is 0 Å². The second-order valence-electron chi connectivity index (χ2n) is 5.34. The van der Waals surface area contributed by atoms with Crippen LogP contribution in [-0.4, -0.2) is 20.3 Å². The van der Waals surface area contributed by atoms with Crippen LogP contribution in [0.3, 0.4) is 0 Å². The van der Waals surface area contributed by atoms with Crippen LogP contribution < -0.4 is 0 Å². The minimum Gasteiger partial charge on any atom is -0.411 e. The van der Waals surface area contributed by atoms with Crippen molar-refractivity contribution >= 4 is 7.12 Å². The number of nitrogens with zero attached hydrogens (tertiary/aromatic N) is 1. The Morgan fingerprint density at radius 1 is 0.800 bits per heavy atom. The molecule has 0 unspecified atom stereocenters. The molecule has 0 radical (unpaired) electrons. The van der Waals surface area contributed by atoms with Crippen LogP contribution in [0.15, 0.2) is 0 Å². The van der Waals surface area contributed by atoms with Gasteiger partial charge in [0.1, 0.15) is 0 Å². The van der Waals surface area contributed by atoms with Gasteiger partial charge in [-0.2, -0.15) is 5.26 Å². The fourth-order valence-electron chi connectivity index (χ4n) is 2.05. The van der Waals surface area contributed by atoms with E-state index < -0.39 is 0 Å². The van der Waals surface area contributed by atoms with E-state index in [-0.39, 0.29) is 7.12 Å². The first-order valence-corrected chi connectivity index (χ1v) is 8.45. The molecule has 0 saturated heterocycles. The van der Waals surface area contributed by atoms with Crippen molar-refractivity contribution in [2.45, 2.75) is 84.4 Å². The van der Waals surface area contributed by atoms with Crippen molar-refractivity contribution in [1.29, 1.82) is 5.26 Å². The van der Waals surface area contributed by atoms with Crippen LogP contribution in [0.1, 0.15) is 78.1 Å². The van der Waals surface area contributed by atoms with Gasteiger partial charge in [-0.15, -0.1) is 0 Å². The molecule has 0 aromatic heterocycles. The molecule has 0 aliphatic heterocycles. The van der Waals surface area contributed by atoms with Crippen molar-refractivity contribution in [3.05, 3.63) is 0 Å². The summed E-state index contributed by atoms with van der Waals surface area (Å²) in [5.74, 6) is 0. The molecule has 0 N–H and O–H groups in total. The van der Waals surface area contributed by atoms with E-state index in [2.05, 4.69) is 19.9 Å². The van der Waals surface area contributed by atoms with Gasteiger partial charge in [-0.1, -0.05) is 52.4 Å². The highest BCUT2D eigenvalue weighted by Gasteiger charge is 2.17. The van der Waals surface area contributed by atoms with Gasteiger partial charge >= 0.3 is 7.12 Å². The fourth-order valence-corrected chi connectivity index (χ4v) is 2.05. The second-order valence-corrected chi connectivity index (χ2v) is 5.34. The van der Waals surface area contributed by atoms with Crippen LogP contribution in [0.25, 0.3) is 0 Å². The Labute approximate surface area is 126 Å². The summed E-state index contributed by atoms with van der Waals surface area (Å²) in [7, 11) is -0.105. The Kier molecular flexibility index (Phi) is 16.1. The summed E-state index contributed by atoms with van der Waals surface area (Å²) in [6, 6.07) is 2.18. The Balaban J connectivity index is 3.68. The molecule has 0 amide bonds. The number of unbranched alkanes of at least 4 members (excludes halogenated alkanes) is 7. The summed E-state index contributed by atoms with van der Waals surface area (Å²) in [6.07, 6.45) is 12.0. The summed E-state index contributed by atoms with van der Waals surface area (Å²) in [5, 5.41) is 8.59. The summed E-state index contributed by atoms with van der Waals surface area (Å²) in [6.45, 7) is 5.99. The highest BCUT2D eigenvalue weighted by Crippen LogP contribution is 2.08. The Bertz CT molecular complexity index is 217. The lowest BCUT2D eigenvalue weighted by molar-refractivity contribution is 0.189. The minimum absolute atomic E-state index is 0.105. The summed E-state index contributed by atoms with van der Waals surface area (Å²) >= 11 is 0. The average Bonchev–Trinajstić information content (AvgIpc) is 2.46. The Morgan fingerprint density at radius 2 is 1.35 bits per heavy atom. The van der Waals surface area contributed by atoms with Crippen LogP contribution in [0.2, 0.25) is 6.32 Å². The first kappa shape index (κ1) is 19.5. The molecular formula is C16H32BNO2. The molecule has 0 bridgehead atoms. The third kappa shape index (κ3) is 13.9. The standard InChI is InChI=1S/C16H32BNO2/c1-3-5-7-11-15-19-17(13-9-10-14-18)20-16-12-8-6-4-2/h3-13,15-16H2,1-2H3. The Hall–Kier alpha value is -0.525. The molecule has 0 aliphatic rings. The molecule has 20 heavy (non-hydrogen) atoms. The van der Waals surface area contributed by atoms with E-state index in [0.29, 0.717) is 6.42 Å². The van der Waals surface area contributed by atoms with Gasteiger partial charge in [-0.3, -0.25) is 0 Å². The van der Waals surface area contributed by atoms with E-state index in [1.54, 1.807) is 0 Å². The largest absolute Gasteiger partial charge is 0.456 e. The lowest BCUT2D eigenvalue weighted by atomic mass is 9.82. The van der Waals surface area contributed by atoms with E-state index in [1.165, 1.54) is 38.5 Å². The summed E-state index contributed by atoms with van der Waals surface area (Å²) in [5.41, 5.74) is 0. The van der Waals surface area contributed by atoms with Gasteiger partial charge in [0.05, 0.1) is 6.07 Å². The highest BCUT2D eigenvalue weighted by atomic mass is 16.6. The van der Waals surface area contributed by atoms with Gasteiger partial charge < -0.3 is 9.31 Å². The Morgan fingerprint density at radius 3 is 1.80 bits per heavy atom. The molecule has 0 aromatic rings. The number of hydrogen-bond donors (Lipinski definition) is 0. The van der Waals surface area contributed by atoms with Crippen molar-refractivity contribution in [3.8, 4) is 6.07 Å². The first-order chi connectivity index (χ1) is 9.85. The molecule has 0 saturated carbocycles. The molecule has 0 spiro atoms. The van der Waals surface area contributed by atoms with Gasteiger partial charge in [0, 0.05) is 19.6 Å². The monoisotopic (exact) mass is 281 g/mol. The fraction of sp³-hybridized carbons (Fsp3) is 0.938. The number of nitriles is 1. The maximum Gasteiger partial charge on any atom is 0.456 e. The lowest BCUT2D eigenvalue weighted by Crippen LogP contribution is -2.24. The van der Waals surface area contributed by atoms with Crippen molar-refractivity contribution in [1.82, 2.24) is 0 Å². The lowest BCUT2D eigenvalue weighted by Gasteiger charge is -2.14. The molecule has 0 heterocycles. The molecular weight excluding hydrogens is 249 g/mol. The molecule has 0 fully saturated rings. The SMILES string of the molecule is CCCCCCOB(CCCC#N)OCCCCCC. The van der Waals surface area contributed by atoms with Crippen LogP contribution in [0.5, 0.6) is 0 Å². The van der Waals surface area contributed by atoms with Crippen LogP contribution in [0, 0.1) is 11.3 Å². The second kappa shape index (κ2) is 16.5. The van der Waals surface area contributed by atoms with Gasteiger partial charge in [0.15, 0.2) is 0 Å². The number of rotatable bonds is 15. The smallest absolute Gasteiger partial charge is 0.411 e. The van der Waals surface area contributed by atoms with Crippen molar-refractivity contribution in [3.63, 3.8) is 0 Å². The third-order valence-electron chi connectivity index (χ3n) is 3.33. The zero-order valence-electron chi connectivity index (χ0n) is 13.5. The average molecular weight is 281 g/mol. The first-order valence-electron chi connectivity index (χ1n) is 8.45. The predicted molar refractivity (Wildman–Crippen MR) is 85.6 cm³/mol. The highest BCUT2D eigenvalue weighted by molar-refractivity contribution is 6.44. The molecule has 0 atom stereocenters. The van der Waals surface area contributed by atoms with Gasteiger partial charge in [0.25, 0.3) is 0 Å².